The molecule has 0 bridgehead atoms. The molecule has 0 saturated heterocycles. The van der Waals surface area contributed by atoms with Crippen LogP contribution in [0.25, 0.3) is 5.82 Å². The summed E-state index contributed by atoms with van der Waals surface area (Å²) in [5.74, 6) is 1.60. The van der Waals surface area contributed by atoms with Crippen LogP contribution in [0.2, 0.25) is 0 Å². The van der Waals surface area contributed by atoms with Crippen molar-refractivity contribution in [1.29, 1.82) is 5.26 Å². The summed E-state index contributed by atoms with van der Waals surface area (Å²) >= 11 is 1.56. The first-order valence-electron chi connectivity index (χ1n) is 8.10. The first-order valence-corrected chi connectivity index (χ1v) is 9.14. The molecule has 7 heteroatoms. The van der Waals surface area contributed by atoms with E-state index < -0.39 is 0 Å². The molecule has 0 radical (unpaired) electrons. The average Bonchev–Trinajstić information content (AvgIpc) is 2.88. The van der Waals surface area contributed by atoms with Crippen LogP contribution in [0.3, 0.4) is 0 Å². The van der Waals surface area contributed by atoms with Crippen molar-refractivity contribution in [3.05, 3.63) is 71.0 Å². The van der Waals surface area contributed by atoms with Gasteiger partial charge in [0.15, 0.2) is 5.82 Å². The van der Waals surface area contributed by atoms with Crippen molar-refractivity contribution >= 4 is 23.5 Å². The lowest BCUT2D eigenvalue weighted by Gasteiger charge is -2.15. The lowest BCUT2D eigenvalue weighted by Crippen LogP contribution is -2.16. The molecule has 3 aromatic rings. The standard InChI is InChI=1S/C19H15N5OS/c1-12-17-18(14-7-5-13(10-20)6-8-14)26-11-16(25)22-19(17)24(23-12)15-4-2-3-9-21-15/h2-9,18H,11H2,1H3,(H,22,25)/t18-/m1/s1. The second kappa shape index (κ2) is 6.65. The van der Waals surface area contributed by atoms with E-state index in [4.69, 9.17) is 5.26 Å². The van der Waals surface area contributed by atoms with E-state index in [2.05, 4.69) is 21.5 Å². The number of rotatable bonds is 2. The van der Waals surface area contributed by atoms with E-state index in [1.807, 2.05) is 37.3 Å². The monoisotopic (exact) mass is 361 g/mol. The Morgan fingerprint density at radius 2 is 2.08 bits per heavy atom. The number of aryl methyl sites for hydroxylation is 1. The number of hydrogen-bond acceptors (Lipinski definition) is 5. The molecule has 1 aromatic carbocycles. The molecule has 1 atom stereocenters. The van der Waals surface area contributed by atoms with Gasteiger partial charge < -0.3 is 5.32 Å². The van der Waals surface area contributed by atoms with Gasteiger partial charge in [-0.2, -0.15) is 15.0 Å². The van der Waals surface area contributed by atoms with Gasteiger partial charge in [-0.1, -0.05) is 18.2 Å². The van der Waals surface area contributed by atoms with Crippen molar-refractivity contribution in [2.45, 2.75) is 12.2 Å². The summed E-state index contributed by atoms with van der Waals surface area (Å²) in [6.07, 6.45) is 1.70. The third-order valence-electron chi connectivity index (χ3n) is 4.22. The predicted octanol–water partition coefficient (Wildman–Crippen LogP) is 3.22. The van der Waals surface area contributed by atoms with Crippen LogP contribution in [-0.4, -0.2) is 26.4 Å². The number of carbonyl (C=O) groups excluding carboxylic acids is 1. The molecular formula is C19H15N5OS. The highest BCUT2D eigenvalue weighted by Crippen LogP contribution is 2.43. The molecule has 1 N–H and O–H groups in total. The third kappa shape index (κ3) is 2.85. The summed E-state index contributed by atoms with van der Waals surface area (Å²) in [4.78, 5) is 16.6. The second-order valence-corrected chi connectivity index (χ2v) is 7.01. The molecular weight excluding hydrogens is 346 g/mol. The molecule has 0 aliphatic carbocycles. The number of hydrogen-bond donors (Lipinski definition) is 1. The van der Waals surface area contributed by atoms with E-state index in [0.29, 0.717) is 23.0 Å². The van der Waals surface area contributed by atoms with Crippen LogP contribution in [0.4, 0.5) is 5.82 Å². The molecule has 2 aromatic heterocycles. The lowest BCUT2D eigenvalue weighted by molar-refractivity contribution is -0.113. The fourth-order valence-corrected chi connectivity index (χ4v) is 4.21. The Morgan fingerprint density at radius 3 is 2.77 bits per heavy atom. The summed E-state index contributed by atoms with van der Waals surface area (Å²) in [5.41, 5.74) is 3.46. The molecule has 4 rings (SSSR count). The van der Waals surface area contributed by atoms with Crippen LogP contribution >= 0.6 is 11.8 Å². The predicted molar refractivity (Wildman–Crippen MR) is 100 cm³/mol. The Kier molecular flexibility index (Phi) is 4.19. The van der Waals surface area contributed by atoms with Gasteiger partial charge >= 0.3 is 0 Å². The first-order chi connectivity index (χ1) is 12.7. The highest BCUT2D eigenvalue weighted by atomic mass is 32.2. The van der Waals surface area contributed by atoms with Crippen molar-refractivity contribution in [3.63, 3.8) is 0 Å². The summed E-state index contributed by atoms with van der Waals surface area (Å²) in [6, 6.07) is 15.2. The fourth-order valence-electron chi connectivity index (χ4n) is 3.02. The lowest BCUT2D eigenvalue weighted by atomic mass is 10.0. The summed E-state index contributed by atoms with van der Waals surface area (Å²) < 4.78 is 1.69. The molecule has 0 spiro atoms. The zero-order chi connectivity index (χ0) is 18.1. The Labute approximate surface area is 154 Å². The number of pyridine rings is 1. The molecule has 1 amide bonds. The minimum absolute atomic E-state index is 0.0471. The first kappa shape index (κ1) is 16.4. The summed E-state index contributed by atoms with van der Waals surface area (Å²) in [7, 11) is 0. The Hall–Kier alpha value is -3.11. The molecule has 0 fully saturated rings. The maximum Gasteiger partial charge on any atom is 0.235 e. The average molecular weight is 361 g/mol. The zero-order valence-corrected chi connectivity index (χ0v) is 14.8. The van der Waals surface area contributed by atoms with Gasteiger partial charge in [-0.25, -0.2) is 4.98 Å². The van der Waals surface area contributed by atoms with Crippen molar-refractivity contribution < 1.29 is 4.79 Å². The molecule has 6 nitrogen and oxygen atoms in total. The smallest absolute Gasteiger partial charge is 0.235 e. The Balaban J connectivity index is 1.87. The minimum Gasteiger partial charge on any atom is -0.310 e. The number of amides is 1. The SMILES string of the molecule is Cc1nn(-c2ccccn2)c2c1[C@@H](c1ccc(C#N)cc1)SCC(=O)N2. The van der Waals surface area contributed by atoms with Crippen molar-refractivity contribution in [2.75, 3.05) is 11.1 Å². The highest BCUT2D eigenvalue weighted by molar-refractivity contribution is 8.00. The van der Waals surface area contributed by atoms with E-state index in [1.165, 1.54) is 0 Å². The molecule has 1 aliphatic heterocycles. The van der Waals surface area contributed by atoms with Gasteiger partial charge in [0, 0.05) is 11.8 Å². The number of nitrogens with one attached hydrogen (secondary N) is 1. The number of fused-ring (bicyclic) bond motifs is 1. The maximum absolute atomic E-state index is 12.3. The van der Waals surface area contributed by atoms with Crippen LogP contribution in [0.1, 0.15) is 27.6 Å². The molecule has 0 unspecified atom stereocenters. The van der Waals surface area contributed by atoms with Crippen LogP contribution in [-0.2, 0) is 4.79 Å². The Bertz CT molecular complexity index is 1000. The van der Waals surface area contributed by atoms with Gasteiger partial charge in [-0.3, -0.25) is 4.79 Å². The van der Waals surface area contributed by atoms with E-state index in [9.17, 15) is 4.79 Å². The quantitative estimate of drug-likeness (QED) is 0.758. The molecule has 3 heterocycles. The van der Waals surface area contributed by atoms with Gasteiger partial charge in [-0.05, 0) is 36.8 Å². The maximum atomic E-state index is 12.3. The van der Waals surface area contributed by atoms with Crippen molar-refractivity contribution in [2.24, 2.45) is 0 Å². The van der Waals surface area contributed by atoms with Gasteiger partial charge in [0.25, 0.3) is 0 Å². The normalized spacial score (nSPS) is 16.3. The van der Waals surface area contributed by atoms with Crippen molar-refractivity contribution in [1.82, 2.24) is 14.8 Å². The van der Waals surface area contributed by atoms with Crippen LogP contribution in [0.5, 0.6) is 0 Å². The van der Waals surface area contributed by atoms with Gasteiger partial charge in [0.2, 0.25) is 5.91 Å². The number of nitrogens with zero attached hydrogens (tertiary/aromatic N) is 4. The largest absolute Gasteiger partial charge is 0.310 e. The van der Waals surface area contributed by atoms with E-state index in [1.54, 1.807) is 34.8 Å². The zero-order valence-electron chi connectivity index (χ0n) is 14.0. The van der Waals surface area contributed by atoms with Gasteiger partial charge in [0.05, 0.1) is 28.3 Å². The number of carbonyl (C=O) groups is 1. The summed E-state index contributed by atoms with van der Waals surface area (Å²) in [5, 5.41) is 16.6. The number of nitriles is 1. The highest BCUT2D eigenvalue weighted by Gasteiger charge is 2.30. The van der Waals surface area contributed by atoms with E-state index in [-0.39, 0.29) is 11.2 Å². The van der Waals surface area contributed by atoms with Crippen molar-refractivity contribution in [3.8, 4) is 11.9 Å². The number of anilines is 1. The third-order valence-corrected chi connectivity index (χ3v) is 5.49. The Morgan fingerprint density at radius 1 is 1.27 bits per heavy atom. The number of benzene rings is 1. The van der Waals surface area contributed by atoms with Gasteiger partial charge in [-0.15, -0.1) is 11.8 Å². The molecule has 26 heavy (non-hydrogen) atoms. The second-order valence-electron chi connectivity index (χ2n) is 5.92. The molecule has 0 saturated carbocycles. The van der Waals surface area contributed by atoms with E-state index in [0.717, 1.165) is 16.8 Å². The number of aromatic nitrogens is 3. The van der Waals surface area contributed by atoms with Crippen LogP contribution < -0.4 is 5.32 Å². The minimum atomic E-state index is -0.0653. The molecule has 128 valence electrons. The van der Waals surface area contributed by atoms with Crippen LogP contribution in [0, 0.1) is 18.3 Å². The summed E-state index contributed by atoms with van der Waals surface area (Å²) in [6.45, 7) is 1.94. The van der Waals surface area contributed by atoms with Crippen LogP contribution in [0.15, 0.2) is 48.7 Å². The topological polar surface area (TPSA) is 83.6 Å². The van der Waals surface area contributed by atoms with Gasteiger partial charge in [0.1, 0.15) is 5.82 Å². The fraction of sp³-hybridized carbons (Fsp3) is 0.158. The van der Waals surface area contributed by atoms with E-state index >= 15 is 0 Å². The number of thioether (sulfide) groups is 1. The molecule has 1 aliphatic rings.